The summed E-state index contributed by atoms with van der Waals surface area (Å²) in [7, 11) is 0. The minimum Gasteiger partial charge on any atom is -0.349 e. The summed E-state index contributed by atoms with van der Waals surface area (Å²) in [5.41, 5.74) is 3.77. The molecule has 1 aromatic carbocycles. The van der Waals surface area contributed by atoms with Gasteiger partial charge in [0.2, 0.25) is 11.8 Å². The summed E-state index contributed by atoms with van der Waals surface area (Å²) in [4.78, 5) is 38.4. The molecule has 30 heavy (non-hydrogen) atoms. The van der Waals surface area contributed by atoms with Crippen molar-refractivity contribution >= 4 is 23.4 Å². The molecule has 1 saturated heterocycles. The zero-order valence-electron chi connectivity index (χ0n) is 17.3. The average molecular weight is 408 g/mol. The van der Waals surface area contributed by atoms with Gasteiger partial charge in [0.15, 0.2) is 0 Å². The monoisotopic (exact) mass is 407 g/mol. The first-order valence-electron chi connectivity index (χ1n) is 11.2. The fraction of sp³-hybridized carbons (Fsp3) is 0.542. The van der Waals surface area contributed by atoms with Crippen molar-refractivity contribution in [1.82, 2.24) is 10.7 Å². The minimum absolute atomic E-state index is 0.114. The maximum absolute atomic E-state index is 13.0. The molecule has 2 saturated carbocycles. The number of fused-ring (bicyclic) bond motifs is 3. The highest BCUT2D eigenvalue weighted by Crippen LogP contribution is 2.49. The van der Waals surface area contributed by atoms with Gasteiger partial charge in [-0.25, -0.2) is 5.01 Å². The highest BCUT2D eigenvalue weighted by molar-refractivity contribution is 6.05. The zero-order valence-corrected chi connectivity index (χ0v) is 17.3. The van der Waals surface area contributed by atoms with Gasteiger partial charge < -0.3 is 5.32 Å². The molecule has 5 rings (SSSR count). The quantitative estimate of drug-likeness (QED) is 0.753. The van der Waals surface area contributed by atoms with E-state index in [4.69, 9.17) is 0 Å². The van der Waals surface area contributed by atoms with Crippen LogP contribution in [0.2, 0.25) is 0 Å². The number of nitrogens with one attached hydrogen (secondary N) is 2. The number of carbonyl (C=O) groups excluding carboxylic acids is 3. The molecule has 3 aliphatic carbocycles. The summed E-state index contributed by atoms with van der Waals surface area (Å²) in [6.07, 6.45) is 10.3. The first kappa shape index (κ1) is 19.3. The molecule has 4 aliphatic rings. The molecule has 1 aliphatic heterocycles. The molecule has 6 unspecified atom stereocenters. The lowest BCUT2D eigenvalue weighted by Crippen LogP contribution is -2.59. The van der Waals surface area contributed by atoms with Crippen LogP contribution >= 0.6 is 0 Å². The second-order valence-electron chi connectivity index (χ2n) is 9.46. The Hall–Kier alpha value is -2.63. The fourth-order valence-electron chi connectivity index (χ4n) is 6.07. The normalized spacial score (nSPS) is 33.2. The molecule has 3 fully saturated rings. The molecular formula is C24H29N3O3. The van der Waals surface area contributed by atoms with Crippen LogP contribution in [0, 0.1) is 29.6 Å². The number of hydrazine groups is 1. The number of amides is 3. The lowest BCUT2D eigenvalue weighted by molar-refractivity contribution is -0.139. The Morgan fingerprint density at radius 3 is 2.67 bits per heavy atom. The number of anilines is 1. The van der Waals surface area contributed by atoms with Crippen LogP contribution in [0.3, 0.4) is 0 Å². The molecule has 2 bridgehead atoms. The molecule has 0 radical (unpaired) electrons. The van der Waals surface area contributed by atoms with E-state index in [2.05, 4.69) is 17.7 Å². The van der Waals surface area contributed by atoms with Crippen molar-refractivity contribution in [3.63, 3.8) is 0 Å². The zero-order chi connectivity index (χ0) is 20.8. The lowest BCUT2D eigenvalue weighted by atomic mass is 9.80. The maximum atomic E-state index is 13.0. The average Bonchev–Trinajstić information content (AvgIpc) is 3.40. The van der Waals surface area contributed by atoms with E-state index in [1.807, 2.05) is 12.2 Å². The number of rotatable bonds is 4. The van der Waals surface area contributed by atoms with Crippen LogP contribution in [0.5, 0.6) is 0 Å². The van der Waals surface area contributed by atoms with Crippen molar-refractivity contribution in [2.24, 2.45) is 29.6 Å². The summed E-state index contributed by atoms with van der Waals surface area (Å²) in [6.45, 7) is 2.11. The van der Waals surface area contributed by atoms with Crippen molar-refractivity contribution in [2.75, 3.05) is 5.01 Å². The van der Waals surface area contributed by atoms with E-state index in [-0.39, 0.29) is 35.6 Å². The van der Waals surface area contributed by atoms with Gasteiger partial charge in [-0.3, -0.25) is 19.8 Å². The Morgan fingerprint density at radius 1 is 1.13 bits per heavy atom. The van der Waals surface area contributed by atoms with Gasteiger partial charge in [0.25, 0.3) is 5.91 Å². The van der Waals surface area contributed by atoms with E-state index in [1.165, 1.54) is 30.7 Å². The standard InChI is InChI=1S/C24H29N3O3/c1-14(21-12-15-9-10-16(21)11-15)25-22(28)17-5-4-6-18(13-17)27-24(30)20-8-3-2-7-19(20)23(29)26-27/h2-6,13-16,19-21H,7-12H2,1H3,(H,25,28)(H,26,29). The highest BCUT2D eigenvalue weighted by atomic mass is 16.2. The number of hydrogen-bond donors (Lipinski definition) is 2. The Morgan fingerprint density at radius 2 is 1.93 bits per heavy atom. The number of hydrogen-bond acceptors (Lipinski definition) is 3. The topological polar surface area (TPSA) is 78.5 Å². The third-order valence-corrected chi connectivity index (χ3v) is 7.69. The van der Waals surface area contributed by atoms with Crippen molar-refractivity contribution in [3.05, 3.63) is 42.0 Å². The van der Waals surface area contributed by atoms with E-state index in [0.29, 0.717) is 30.0 Å². The van der Waals surface area contributed by atoms with Gasteiger partial charge in [-0.2, -0.15) is 0 Å². The lowest BCUT2D eigenvalue weighted by Gasteiger charge is -2.38. The second-order valence-corrected chi connectivity index (χ2v) is 9.46. The van der Waals surface area contributed by atoms with Crippen LogP contribution < -0.4 is 15.8 Å². The Bertz CT molecular complexity index is 911. The summed E-state index contributed by atoms with van der Waals surface area (Å²) < 4.78 is 0. The van der Waals surface area contributed by atoms with Crippen molar-refractivity contribution < 1.29 is 14.4 Å². The molecule has 0 aromatic heterocycles. The first-order chi connectivity index (χ1) is 14.5. The van der Waals surface area contributed by atoms with Crippen molar-refractivity contribution in [3.8, 4) is 0 Å². The molecule has 6 atom stereocenters. The van der Waals surface area contributed by atoms with E-state index < -0.39 is 0 Å². The van der Waals surface area contributed by atoms with Crippen LogP contribution in [-0.2, 0) is 9.59 Å². The number of benzene rings is 1. The van der Waals surface area contributed by atoms with Gasteiger partial charge in [-0.15, -0.1) is 0 Å². The number of nitrogens with zero attached hydrogens (tertiary/aromatic N) is 1. The van der Waals surface area contributed by atoms with Crippen molar-refractivity contribution in [1.29, 1.82) is 0 Å². The Labute approximate surface area is 177 Å². The molecule has 158 valence electrons. The van der Waals surface area contributed by atoms with Crippen LogP contribution in [0.15, 0.2) is 36.4 Å². The summed E-state index contributed by atoms with van der Waals surface area (Å²) in [5.74, 6) is 1.15. The summed E-state index contributed by atoms with van der Waals surface area (Å²) in [5, 5.41) is 4.50. The van der Waals surface area contributed by atoms with E-state index in [0.717, 1.165) is 11.8 Å². The summed E-state index contributed by atoms with van der Waals surface area (Å²) >= 11 is 0. The Kier molecular flexibility index (Phi) is 4.88. The van der Waals surface area contributed by atoms with Gasteiger partial charge in [0.05, 0.1) is 17.5 Å². The van der Waals surface area contributed by atoms with E-state index in [9.17, 15) is 14.4 Å². The fourth-order valence-corrected chi connectivity index (χ4v) is 6.07. The maximum Gasteiger partial charge on any atom is 0.251 e. The van der Waals surface area contributed by atoms with Crippen LogP contribution in [0.1, 0.15) is 55.8 Å². The largest absolute Gasteiger partial charge is 0.349 e. The third kappa shape index (κ3) is 3.32. The number of allylic oxidation sites excluding steroid dienone is 2. The van der Waals surface area contributed by atoms with Gasteiger partial charge in [-0.1, -0.05) is 24.6 Å². The molecule has 6 nitrogen and oxygen atoms in total. The predicted octanol–water partition coefficient (Wildman–Crippen LogP) is 3.20. The van der Waals surface area contributed by atoms with E-state index >= 15 is 0 Å². The molecule has 6 heteroatoms. The molecule has 3 amide bonds. The van der Waals surface area contributed by atoms with Crippen LogP contribution in [0.25, 0.3) is 0 Å². The van der Waals surface area contributed by atoms with Crippen LogP contribution in [-0.4, -0.2) is 23.8 Å². The predicted molar refractivity (Wildman–Crippen MR) is 113 cm³/mol. The third-order valence-electron chi connectivity index (χ3n) is 7.69. The minimum atomic E-state index is -0.334. The summed E-state index contributed by atoms with van der Waals surface area (Å²) in [6, 6.07) is 7.11. The van der Waals surface area contributed by atoms with Crippen molar-refractivity contribution in [2.45, 2.75) is 51.5 Å². The highest BCUT2D eigenvalue weighted by Gasteiger charge is 2.43. The molecule has 2 N–H and O–H groups in total. The molecule has 0 spiro atoms. The number of carbonyl (C=O) groups is 3. The first-order valence-corrected chi connectivity index (χ1v) is 11.2. The molecule has 1 aromatic rings. The molecule has 1 heterocycles. The second kappa shape index (κ2) is 7.56. The Balaban J connectivity index is 1.30. The smallest absolute Gasteiger partial charge is 0.251 e. The van der Waals surface area contributed by atoms with Gasteiger partial charge in [0, 0.05) is 11.6 Å². The van der Waals surface area contributed by atoms with Gasteiger partial charge in [0.1, 0.15) is 0 Å². The SMILES string of the molecule is CC(NC(=O)c1cccc(N2NC(=O)C3CC=CCC3C2=O)c1)C1CC2CCC1C2. The van der Waals surface area contributed by atoms with Crippen LogP contribution in [0.4, 0.5) is 5.69 Å². The van der Waals surface area contributed by atoms with Gasteiger partial charge >= 0.3 is 0 Å². The van der Waals surface area contributed by atoms with Gasteiger partial charge in [-0.05, 0) is 75.0 Å². The molecular weight excluding hydrogens is 378 g/mol. The van der Waals surface area contributed by atoms with E-state index in [1.54, 1.807) is 24.3 Å².